The zero-order chi connectivity index (χ0) is 53.0. The molecule has 6 aliphatic rings. The molecule has 6 aromatic carbocycles. The van der Waals surface area contributed by atoms with Gasteiger partial charge in [-0.3, -0.25) is 0 Å². The highest BCUT2D eigenvalue weighted by molar-refractivity contribution is 5.43. The lowest BCUT2D eigenvalue weighted by Crippen LogP contribution is -2.19. The van der Waals surface area contributed by atoms with Gasteiger partial charge in [-0.15, -0.1) is 0 Å². The van der Waals surface area contributed by atoms with Crippen LogP contribution in [0.4, 0.5) is 0 Å². The average molecular weight is 1010 g/mol. The average Bonchev–Trinajstić information content (AvgIpc) is 4.19. The summed E-state index contributed by atoms with van der Waals surface area (Å²) in [5.41, 5.74) is 16.4. The molecule has 0 bridgehead atoms. The van der Waals surface area contributed by atoms with Gasteiger partial charge in [-0.1, -0.05) is 228 Å². The summed E-state index contributed by atoms with van der Waals surface area (Å²) in [5, 5.41) is 0. The maximum atomic E-state index is 5.31. The summed E-state index contributed by atoms with van der Waals surface area (Å²) in [6.45, 7) is 27.8. The molecule has 6 unspecified atom stereocenters. The van der Waals surface area contributed by atoms with Crippen molar-refractivity contribution in [3.63, 3.8) is 0 Å². The predicted octanol–water partition coefficient (Wildman–Crippen LogP) is 14.5. The van der Waals surface area contributed by atoms with Crippen molar-refractivity contribution in [1.29, 1.82) is 0 Å². The molecule has 12 rings (SSSR count). The van der Waals surface area contributed by atoms with Gasteiger partial charge in [0.05, 0.1) is 76.3 Å². The normalized spacial score (nSPS) is 21.5. The molecule has 6 atom stereocenters. The molecule has 6 aliphatic heterocycles. The second-order valence-corrected chi connectivity index (χ2v) is 23.4. The maximum absolute atomic E-state index is 5.31. The number of benzene rings is 6. The molecule has 6 fully saturated rings. The molecular weight excluding hydrogens is 925 g/mol. The van der Waals surface area contributed by atoms with Crippen LogP contribution in [0.15, 0.2) is 146 Å². The van der Waals surface area contributed by atoms with Gasteiger partial charge in [0.2, 0.25) is 0 Å². The molecular formula is C69H88O6. The number of epoxide rings is 6. The smallest absolute Gasteiger partial charge is 0.0850 e. The van der Waals surface area contributed by atoms with Gasteiger partial charge in [0.1, 0.15) is 0 Å². The molecule has 0 saturated carbocycles. The monoisotopic (exact) mass is 1010 g/mol. The van der Waals surface area contributed by atoms with E-state index < -0.39 is 0 Å². The second kappa shape index (κ2) is 25.9. The quantitative estimate of drug-likeness (QED) is 0.0799. The SMILES string of the molecule is CC(C)(c1ccc(CC2CO2)cc1)c1ccc(CC2CO2)cc1.CC(C)(c1ccc(CC2CO2)cc1)c1ccc(CC2CO2)cc1.CC(C)(c1ccc(CC2CO2)cc1)c1ccc(CC2CO2)cc1.CCC.CCC. The molecule has 6 heteroatoms. The van der Waals surface area contributed by atoms with Gasteiger partial charge in [-0.25, -0.2) is 0 Å². The third kappa shape index (κ3) is 17.6. The minimum atomic E-state index is 0.0171. The van der Waals surface area contributed by atoms with Gasteiger partial charge in [0.25, 0.3) is 0 Å². The molecule has 0 radical (unpaired) electrons. The van der Waals surface area contributed by atoms with E-state index >= 15 is 0 Å². The zero-order valence-corrected chi connectivity index (χ0v) is 47.2. The summed E-state index contributed by atoms with van der Waals surface area (Å²) < 4.78 is 31.9. The highest BCUT2D eigenvalue weighted by Crippen LogP contribution is 2.36. The van der Waals surface area contributed by atoms with Gasteiger partial charge >= 0.3 is 0 Å². The maximum Gasteiger partial charge on any atom is 0.0850 e. The Labute approximate surface area is 451 Å². The van der Waals surface area contributed by atoms with Gasteiger partial charge in [0.15, 0.2) is 0 Å². The first-order valence-corrected chi connectivity index (χ1v) is 28.4. The van der Waals surface area contributed by atoms with E-state index in [-0.39, 0.29) is 16.2 Å². The van der Waals surface area contributed by atoms with E-state index in [9.17, 15) is 0 Å². The van der Waals surface area contributed by atoms with E-state index in [0.717, 1.165) is 78.2 Å². The van der Waals surface area contributed by atoms with E-state index in [2.05, 4.69) is 215 Å². The van der Waals surface area contributed by atoms with Crippen LogP contribution in [0.3, 0.4) is 0 Å². The van der Waals surface area contributed by atoms with Crippen LogP contribution in [0.5, 0.6) is 0 Å². The van der Waals surface area contributed by atoms with Crippen molar-refractivity contribution in [2.24, 2.45) is 0 Å². The van der Waals surface area contributed by atoms with Crippen molar-refractivity contribution >= 4 is 0 Å². The number of hydrogen-bond acceptors (Lipinski definition) is 6. The van der Waals surface area contributed by atoms with Crippen molar-refractivity contribution in [3.05, 3.63) is 212 Å². The molecule has 6 saturated heterocycles. The van der Waals surface area contributed by atoms with Gasteiger partial charge in [0, 0.05) is 54.8 Å². The first kappa shape index (κ1) is 56.3. The Morgan fingerprint density at radius 1 is 0.253 bits per heavy atom. The van der Waals surface area contributed by atoms with Crippen LogP contribution in [0.2, 0.25) is 0 Å². The molecule has 75 heavy (non-hydrogen) atoms. The Balaban J connectivity index is 0.000000142. The first-order valence-electron chi connectivity index (χ1n) is 28.4. The third-order valence-electron chi connectivity index (χ3n) is 15.2. The van der Waals surface area contributed by atoms with Crippen LogP contribution >= 0.6 is 0 Å². The van der Waals surface area contributed by atoms with Crippen LogP contribution in [0.25, 0.3) is 0 Å². The Morgan fingerprint density at radius 3 is 0.453 bits per heavy atom. The lowest BCUT2D eigenvalue weighted by Gasteiger charge is -2.26. The van der Waals surface area contributed by atoms with Gasteiger partial charge in [-0.05, 0) is 66.8 Å². The summed E-state index contributed by atoms with van der Waals surface area (Å²) in [4.78, 5) is 0. The Bertz CT molecular complexity index is 2130. The molecule has 6 heterocycles. The summed E-state index contributed by atoms with van der Waals surface area (Å²) in [6.07, 6.45) is 11.5. The summed E-state index contributed by atoms with van der Waals surface area (Å²) in [5.74, 6) is 0. The van der Waals surface area contributed by atoms with Crippen molar-refractivity contribution in [2.75, 3.05) is 39.6 Å². The van der Waals surface area contributed by atoms with E-state index in [1.807, 2.05) is 0 Å². The minimum Gasteiger partial charge on any atom is -0.373 e. The van der Waals surface area contributed by atoms with Crippen LogP contribution in [0.1, 0.15) is 149 Å². The van der Waals surface area contributed by atoms with Crippen molar-refractivity contribution in [2.45, 2.75) is 173 Å². The highest BCUT2D eigenvalue weighted by atomic mass is 16.6. The summed E-state index contributed by atoms with van der Waals surface area (Å²) >= 11 is 0. The molecule has 0 aliphatic carbocycles. The van der Waals surface area contributed by atoms with Crippen LogP contribution in [-0.4, -0.2) is 76.3 Å². The zero-order valence-electron chi connectivity index (χ0n) is 47.2. The molecule has 6 nitrogen and oxygen atoms in total. The van der Waals surface area contributed by atoms with Crippen LogP contribution in [-0.2, 0) is 83.2 Å². The molecule has 0 aromatic heterocycles. The van der Waals surface area contributed by atoms with Gasteiger partial charge in [-0.2, -0.15) is 0 Å². The van der Waals surface area contributed by atoms with Crippen molar-refractivity contribution in [3.8, 4) is 0 Å². The van der Waals surface area contributed by atoms with E-state index in [0.29, 0.717) is 36.6 Å². The Kier molecular flexibility index (Phi) is 19.5. The standard InChI is InChI=1S/3C21H24O2.2C3H8/c3*1-21(2,17-7-3-15(4-8-17)11-19-13-22-19)18-9-5-16(6-10-18)12-20-14-23-20;2*1-3-2/h3*3-10,19-20H,11-14H2,1-2H3;2*3H2,1-2H3. The lowest BCUT2D eigenvalue weighted by atomic mass is 9.77. The van der Waals surface area contributed by atoms with E-state index in [1.54, 1.807) is 0 Å². The van der Waals surface area contributed by atoms with Crippen molar-refractivity contribution in [1.82, 2.24) is 0 Å². The fraction of sp³-hybridized carbons (Fsp3) is 0.478. The van der Waals surface area contributed by atoms with Crippen LogP contribution < -0.4 is 0 Å². The predicted molar refractivity (Wildman–Crippen MR) is 308 cm³/mol. The fourth-order valence-electron chi connectivity index (χ4n) is 9.54. The fourth-order valence-corrected chi connectivity index (χ4v) is 9.54. The Morgan fingerprint density at radius 2 is 0.360 bits per heavy atom. The lowest BCUT2D eigenvalue weighted by molar-refractivity contribution is 0.407. The second-order valence-electron chi connectivity index (χ2n) is 23.4. The third-order valence-corrected chi connectivity index (χ3v) is 15.2. The number of ether oxygens (including phenoxy) is 6. The van der Waals surface area contributed by atoms with E-state index in [1.165, 1.54) is 79.6 Å². The van der Waals surface area contributed by atoms with E-state index in [4.69, 9.17) is 28.4 Å². The van der Waals surface area contributed by atoms with Crippen LogP contribution in [0, 0.1) is 0 Å². The number of hydrogen-bond donors (Lipinski definition) is 0. The Hall–Kier alpha value is -4.92. The van der Waals surface area contributed by atoms with Gasteiger partial charge < -0.3 is 28.4 Å². The highest BCUT2D eigenvalue weighted by Gasteiger charge is 2.30. The largest absolute Gasteiger partial charge is 0.373 e. The minimum absolute atomic E-state index is 0.0171. The molecule has 0 amide bonds. The summed E-state index contributed by atoms with van der Waals surface area (Å²) in [7, 11) is 0. The molecule has 400 valence electrons. The molecule has 6 aromatic rings. The van der Waals surface area contributed by atoms with Crippen molar-refractivity contribution < 1.29 is 28.4 Å². The topological polar surface area (TPSA) is 75.2 Å². The first-order chi connectivity index (χ1) is 36.2. The molecule has 0 N–H and O–H groups in total. The summed E-state index contributed by atoms with van der Waals surface area (Å²) in [6, 6.07) is 54.2. The number of rotatable bonds is 18. The molecule has 0 spiro atoms.